The molecule has 5 nitrogen and oxygen atoms in total. The van der Waals surface area contributed by atoms with Crippen LogP contribution in [0.1, 0.15) is 20.7 Å². The van der Waals surface area contributed by atoms with Crippen molar-refractivity contribution in [1.29, 1.82) is 0 Å². The third-order valence-corrected chi connectivity index (χ3v) is 3.68. The van der Waals surface area contributed by atoms with Crippen molar-refractivity contribution in [3.63, 3.8) is 0 Å². The van der Waals surface area contributed by atoms with Crippen molar-refractivity contribution >= 4 is 50.8 Å². The van der Waals surface area contributed by atoms with E-state index in [0.717, 1.165) is 0 Å². The van der Waals surface area contributed by atoms with Crippen LogP contribution >= 0.6 is 27.5 Å². The monoisotopic (exact) mass is 368 g/mol. The van der Waals surface area contributed by atoms with Crippen molar-refractivity contribution in [3.05, 3.63) is 57.0 Å². The van der Waals surface area contributed by atoms with Crippen LogP contribution in [-0.2, 0) is 0 Å². The highest BCUT2D eigenvalue weighted by Crippen LogP contribution is 2.24. The summed E-state index contributed by atoms with van der Waals surface area (Å²) in [6.07, 6.45) is 0. The first-order valence-electron chi connectivity index (χ1n) is 5.77. The van der Waals surface area contributed by atoms with E-state index >= 15 is 0 Å². The highest BCUT2D eigenvalue weighted by Gasteiger charge is 2.14. The molecule has 0 aliphatic rings. The van der Waals surface area contributed by atoms with Gasteiger partial charge in [0.2, 0.25) is 0 Å². The molecule has 0 saturated heterocycles. The molecule has 0 atom stereocenters. The fraction of sp³-hybridized carbons (Fsp3) is 0. The number of halogens is 2. The minimum atomic E-state index is -1.16. The van der Waals surface area contributed by atoms with Crippen molar-refractivity contribution < 1.29 is 14.7 Å². The Hall–Kier alpha value is -2.05. The summed E-state index contributed by atoms with van der Waals surface area (Å²) in [6, 6.07) is 8.85. The van der Waals surface area contributed by atoms with Gasteiger partial charge in [0.25, 0.3) is 5.91 Å². The van der Waals surface area contributed by atoms with E-state index in [9.17, 15) is 9.59 Å². The lowest BCUT2D eigenvalue weighted by atomic mass is 10.1. The molecule has 1 amide bonds. The third kappa shape index (κ3) is 3.53. The number of carbonyl (C=O) groups is 2. The molecule has 0 fully saturated rings. The van der Waals surface area contributed by atoms with Crippen LogP contribution in [0.2, 0.25) is 5.02 Å². The van der Waals surface area contributed by atoms with Gasteiger partial charge in [-0.3, -0.25) is 4.79 Å². The number of nitrogens with two attached hydrogens (primary N) is 1. The molecule has 0 aliphatic heterocycles. The average molecular weight is 370 g/mol. The molecule has 2 rings (SSSR count). The molecule has 4 N–H and O–H groups in total. The Kier molecular flexibility index (Phi) is 4.50. The van der Waals surface area contributed by atoms with Gasteiger partial charge < -0.3 is 16.2 Å². The van der Waals surface area contributed by atoms with Gasteiger partial charge in [-0.2, -0.15) is 0 Å². The first-order valence-corrected chi connectivity index (χ1v) is 6.95. The molecule has 0 unspecified atom stereocenters. The first kappa shape index (κ1) is 15.3. The van der Waals surface area contributed by atoms with Gasteiger partial charge in [-0.15, -0.1) is 0 Å². The van der Waals surface area contributed by atoms with E-state index in [1.54, 1.807) is 12.1 Å². The zero-order valence-electron chi connectivity index (χ0n) is 10.6. The standard InChI is InChI=1S/C14H10BrClN2O3/c15-10-4-1-7(5-11(10)17)13(19)18-12-6-8(16)2-3-9(12)14(20)21/h1-6H,17H2,(H,18,19)(H,20,21). The van der Waals surface area contributed by atoms with Crippen LogP contribution in [0, 0.1) is 0 Å². The second kappa shape index (κ2) is 6.15. The van der Waals surface area contributed by atoms with E-state index in [1.807, 2.05) is 0 Å². The average Bonchev–Trinajstić information content (AvgIpc) is 2.41. The van der Waals surface area contributed by atoms with Crippen LogP contribution < -0.4 is 11.1 Å². The summed E-state index contributed by atoms with van der Waals surface area (Å²) < 4.78 is 0.674. The van der Waals surface area contributed by atoms with E-state index in [2.05, 4.69) is 21.2 Å². The Morgan fingerprint density at radius 1 is 1.19 bits per heavy atom. The number of aromatic carboxylic acids is 1. The summed E-state index contributed by atoms with van der Waals surface area (Å²) >= 11 is 9.06. The highest BCUT2D eigenvalue weighted by molar-refractivity contribution is 9.10. The number of hydrogen-bond acceptors (Lipinski definition) is 3. The number of amides is 1. The predicted molar refractivity (Wildman–Crippen MR) is 84.9 cm³/mol. The molecule has 0 saturated carbocycles. The van der Waals surface area contributed by atoms with Gasteiger partial charge in [0.15, 0.2) is 0 Å². The highest BCUT2D eigenvalue weighted by atomic mass is 79.9. The summed E-state index contributed by atoms with van der Waals surface area (Å²) in [7, 11) is 0. The number of carbonyl (C=O) groups excluding carboxylic acids is 1. The molecule has 0 aliphatic carbocycles. The summed E-state index contributed by atoms with van der Waals surface area (Å²) in [5, 5.41) is 11.9. The van der Waals surface area contributed by atoms with E-state index in [-0.39, 0.29) is 11.3 Å². The molecular formula is C14H10BrClN2O3. The zero-order chi connectivity index (χ0) is 15.6. The maximum Gasteiger partial charge on any atom is 0.337 e. The van der Waals surface area contributed by atoms with Crippen molar-refractivity contribution in [2.75, 3.05) is 11.1 Å². The number of benzene rings is 2. The Labute approximate surface area is 133 Å². The van der Waals surface area contributed by atoms with Gasteiger partial charge >= 0.3 is 5.97 Å². The van der Waals surface area contributed by atoms with Gasteiger partial charge in [0, 0.05) is 20.7 Å². The summed E-state index contributed by atoms with van der Waals surface area (Å²) in [6.45, 7) is 0. The van der Waals surface area contributed by atoms with Gasteiger partial charge in [-0.25, -0.2) is 4.79 Å². The lowest BCUT2D eigenvalue weighted by Crippen LogP contribution is -2.15. The van der Waals surface area contributed by atoms with Gasteiger partial charge in [0.05, 0.1) is 11.3 Å². The number of rotatable bonds is 3. The fourth-order valence-corrected chi connectivity index (χ4v) is 2.10. The fourth-order valence-electron chi connectivity index (χ4n) is 1.69. The Balaban J connectivity index is 2.33. The molecule has 21 heavy (non-hydrogen) atoms. The summed E-state index contributed by atoms with van der Waals surface area (Å²) in [4.78, 5) is 23.3. The molecule has 2 aromatic carbocycles. The van der Waals surface area contributed by atoms with Crippen molar-refractivity contribution in [1.82, 2.24) is 0 Å². The van der Waals surface area contributed by atoms with Crippen LogP contribution in [0.25, 0.3) is 0 Å². The normalized spacial score (nSPS) is 10.2. The van der Waals surface area contributed by atoms with Crippen molar-refractivity contribution in [3.8, 4) is 0 Å². The van der Waals surface area contributed by atoms with Crippen LogP contribution in [0.3, 0.4) is 0 Å². The number of carboxylic acid groups (broad SMARTS) is 1. The molecule has 2 aromatic rings. The molecule has 0 aromatic heterocycles. The molecular weight excluding hydrogens is 360 g/mol. The molecule has 0 spiro atoms. The van der Waals surface area contributed by atoms with Gasteiger partial charge in [-0.05, 0) is 52.3 Å². The van der Waals surface area contributed by atoms with Crippen LogP contribution in [0.4, 0.5) is 11.4 Å². The lowest BCUT2D eigenvalue weighted by molar-refractivity contribution is 0.0698. The maximum atomic E-state index is 12.1. The number of nitrogens with one attached hydrogen (secondary N) is 1. The third-order valence-electron chi connectivity index (χ3n) is 2.72. The van der Waals surface area contributed by atoms with E-state index < -0.39 is 11.9 Å². The van der Waals surface area contributed by atoms with E-state index in [1.165, 1.54) is 24.3 Å². The summed E-state index contributed by atoms with van der Waals surface area (Å²) in [5.74, 6) is -1.63. The molecule has 0 radical (unpaired) electrons. The number of nitrogen functional groups attached to an aromatic ring is 1. The van der Waals surface area contributed by atoms with Gasteiger partial charge in [0.1, 0.15) is 0 Å². The summed E-state index contributed by atoms with van der Waals surface area (Å²) in [5.41, 5.74) is 6.52. The van der Waals surface area contributed by atoms with E-state index in [4.69, 9.17) is 22.4 Å². The maximum absolute atomic E-state index is 12.1. The number of hydrogen-bond donors (Lipinski definition) is 3. The molecule has 108 valence electrons. The number of anilines is 2. The Morgan fingerprint density at radius 3 is 2.52 bits per heavy atom. The lowest BCUT2D eigenvalue weighted by Gasteiger charge is -2.10. The Bertz CT molecular complexity index is 734. The minimum Gasteiger partial charge on any atom is -0.478 e. The topological polar surface area (TPSA) is 92.4 Å². The van der Waals surface area contributed by atoms with E-state index in [0.29, 0.717) is 20.7 Å². The minimum absolute atomic E-state index is 0.0437. The van der Waals surface area contributed by atoms with Crippen molar-refractivity contribution in [2.24, 2.45) is 0 Å². The Morgan fingerprint density at radius 2 is 1.90 bits per heavy atom. The number of carboxylic acids is 1. The second-order valence-corrected chi connectivity index (χ2v) is 5.48. The van der Waals surface area contributed by atoms with Crippen LogP contribution in [-0.4, -0.2) is 17.0 Å². The molecule has 0 heterocycles. The van der Waals surface area contributed by atoms with Crippen LogP contribution in [0.15, 0.2) is 40.9 Å². The second-order valence-electron chi connectivity index (χ2n) is 4.19. The van der Waals surface area contributed by atoms with Crippen LogP contribution in [0.5, 0.6) is 0 Å². The smallest absolute Gasteiger partial charge is 0.337 e. The largest absolute Gasteiger partial charge is 0.478 e. The van der Waals surface area contributed by atoms with Gasteiger partial charge in [-0.1, -0.05) is 11.6 Å². The zero-order valence-corrected chi connectivity index (χ0v) is 12.9. The predicted octanol–water partition coefficient (Wildman–Crippen LogP) is 3.64. The first-order chi connectivity index (χ1) is 9.88. The van der Waals surface area contributed by atoms with Crippen molar-refractivity contribution in [2.45, 2.75) is 0 Å². The molecule has 7 heteroatoms. The quantitative estimate of drug-likeness (QED) is 0.720. The SMILES string of the molecule is Nc1cc(C(=O)Nc2cc(Cl)ccc2C(=O)O)ccc1Br. The molecule has 0 bridgehead atoms.